The van der Waals surface area contributed by atoms with E-state index in [1.807, 2.05) is 0 Å². The molecule has 0 heterocycles. The molecule has 0 spiro atoms. The molecule has 2 rings (SSSR count). The van der Waals surface area contributed by atoms with Gasteiger partial charge in [0.1, 0.15) is 0 Å². The minimum absolute atomic E-state index is 0.0983. The summed E-state index contributed by atoms with van der Waals surface area (Å²) in [6.45, 7) is 0. The molecule has 1 N–H and O–H groups in total. The Morgan fingerprint density at radius 3 is 2.11 bits per heavy atom. The van der Waals surface area contributed by atoms with E-state index in [0.29, 0.717) is 4.90 Å². The molecule has 100 valence electrons. The van der Waals surface area contributed by atoms with Gasteiger partial charge in [-0.1, -0.05) is 41.6 Å². The van der Waals surface area contributed by atoms with Crippen LogP contribution in [0.25, 0.3) is 0 Å². The number of rotatable bonds is 3. The van der Waals surface area contributed by atoms with Gasteiger partial charge in [0.05, 0.1) is 4.90 Å². The quantitative estimate of drug-likeness (QED) is 0.862. The number of halogens is 1. The molecule has 0 aromatic heterocycles. The third kappa shape index (κ3) is 3.80. The summed E-state index contributed by atoms with van der Waals surface area (Å²) < 4.78 is 28.1. The van der Waals surface area contributed by atoms with Gasteiger partial charge in [0.15, 0.2) is 0 Å². The molecular formula is C13H18BrNO2S. The molecule has 0 amide bonds. The molecule has 0 atom stereocenters. The van der Waals surface area contributed by atoms with Crippen molar-refractivity contribution in [1.29, 1.82) is 0 Å². The zero-order chi connectivity index (χ0) is 13.0. The lowest BCUT2D eigenvalue weighted by molar-refractivity contribution is 0.510. The Morgan fingerprint density at radius 2 is 1.56 bits per heavy atom. The van der Waals surface area contributed by atoms with Crippen LogP contribution in [0.5, 0.6) is 0 Å². The van der Waals surface area contributed by atoms with E-state index in [0.717, 1.165) is 30.2 Å². The Hall–Kier alpha value is -0.390. The molecule has 1 aliphatic rings. The second-order valence-corrected chi connectivity index (χ2v) is 7.39. The normalized spacial score (nSPS) is 18.5. The van der Waals surface area contributed by atoms with Crippen LogP contribution in [0.3, 0.4) is 0 Å². The lowest BCUT2D eigenvalue weighted by atomic mass is 10.1. The first-order chi connectivity index (χ1) is 8.58. The Kier molecular flexibility index (Phi) is 4.81. The summed E-state index contributed by atoms with van der Waals surface area (Å²) >= 11 is 3.31. The molecular weight excluding hydrogens is 314 g/mol. The molecule has 0 saturated heterocycles. The lowest BCUT2D eigenvalue weighted by Gasteiger charge is -2.16. The fraction of sp³-hybridized carbons (Fsp3) is 0.538. The van der Waals surface area contributed by atoms with Crippen molar-refractivity contribution in [1.82, 2.24) is 4.72 Å². The smallest absolute Gasteiger partial charge is 0.208 e. The van der Waals surface area contributed by atoms with E-state index in [1.54, 1.807) is 24.3 Å². The maximum absolute atomic E-state index is 12.2. The summed E-state index contributed by atoms with van der Waals surface area (Å²) in [6, 6.07) is 6.86. The van der Waals surface area contributed by atoms with E-state index in [-0.39, 0.29) is 6.04 Å². The van der Waals surface area contributed by atoms with Crippen LogP contribution >= 0.6 is 15.9 Å². The zero-order valence-electron chi connectivity index (χ0n) is 10.2. The fourth-order valence-electron chi connectivity index (χ4n) is 2.30. The van der Waals surface area contributed by atoms with Gasteiger partial charge in [-0.25, -0.2) is 13.1 Å². The summed E-state index contributed by atoms with van der Waals surface area (Å²) in [5.74, 6) is 0. The van der Waals surface area contributed by atoms with Gasteiger partial charge >= 0.3 is 0 Å². The highest BCUT2D eigenvalue weighted by molar-refractivity contribution is 9.10. The van der Waals surface area contributed by atoms with E-state index >= 15 is 0 Å². The van der Waals surface area contributed by atoms with Crippen LogP contribution in [-0.2, 0) is 10.0 Å². The van der Waals surface area contributed by atoms with Gasteiger partial charge in [0.2, 0.25) is 10.0 Å². The van der Waals surface area contributed by atoms with Crippen LogP contribution in [0.15, 0.2) is 33.6 Å². The third-order valence-electron chi connectivity index (χ3n) is 3.30. The van der Waals surface area contributed by atoms with Gasteiger partial charge in [-0.2, -0.15) is 0 Å². The van der Waals surface area contributed by atoms with Crippen molar-refractivity contribution in [2.24, 2.45) is 0 Å². The maximum Gasteiger partial charge on any atom is 0.240 e. The minimum Gasteiger partial charge on any atom is -0.208 e. The van der Waals surface area contributed by atoms with Crippen molar-refractivity contribution in [2.45, 2.75) is 49.5 Å². The largest absolute Gasteiger partial charge is 0.240 e. The molecule has 0 bridgehead atoms. The molecule has 1 aromatic rings. The highest BCUT2D eigenvalue weighted by Gasteiger charge is 2.20. The zero-order valence-corrected chi connectivity index (χ0v) is 12.6. The Morgan fingerprint density at radius 1 is 1.00 bits per heavy atom. The summed E-state index contributed by atoms with van der Waals surface area (Å²) in [5.41, 5.74) is 0. The highest BCUT2D eigenvalue weighted by atomic mass is 79.9. The second-order valence-electron chi connectivity index (χ2n) is 4.76. The van der Waals surface area contributed by atoms with Gasteiger partial charge in [-0.15, -0.1) is 0 Å². The molecule has 1 fully saturated rings. The fourth-order valence-corrected chi connectivity index (χ4v) is 3.87. The Bertz CT molecular complexity index is 476. The predicted molar refractivity (Wildman–Crippen MR) is 76.0 cm³/mol. The van der Waals surface area contributed by atoms with Crippen LogP contribution in [0, 0.1) is 0 Å². The SMILES string of the molecule is O=S(=O)(NC1CCCCCC1)c1ccc(Br)cc1. The number of hydrogen-bond donors (Lipinski definition) is 1. The van der Waals surface area contributed by atoms with Crippen LogP contribution in [0.1, 0.15) is 38.5 Å². The molecule has 1 aliphatic carbocycles. The van der Waals surface area contributed by atoms with Crippen molar-refractivity contribution in [3.63, 3.8) is 0 Å². The van der Waals surface area contributed by atoms with E-state index in [9.17, 15) is 8.42 Å². The standard InChI is InChI=1S/C13H18BrNO2S/c14-11-7-9-13(10-8-11)18(16,17)15-12-5-3-1-2-4-6-12/h7-10,12,15H,1-6H2. The minimum atomic E-state index is -3.36. The van der Waals surface area contributed by atoms with Crippen molar-refractivity contribution in [3.05, 3.63) is 28.7 Å². The molecule has 3 nitrogen and oxygen atoms in total. The first-order valence-electron chi connectivity index (χ1n) is 6.36. The Balaban J connectivity index is 2.08. The van der Waals surface area contributed by atoms with Crippen molar-refractivity contribution in [2.75, 3.05) is 0 Å². The lowest BCUT2D eigenvalue weighted by Crippen LogP contribution is -2.34. The van der Waals surface area contributed by atoms with E-state index in [1.165, 1.54) is 12.8 Å². The Labute approximate surface area is 117 Å². The van der Waals surface area contributed by atoms with Crippen molar-refractivity contribution < 1.29 is 8.42 Å². The molecule has 0 radical (unpaired) electrons. The number of benzene rings is 1. The average molecular weight is 332 g/mol. The van der Waals surface area contributed by atoms with Crippen LogP contribution in [-0.4, -0.2) is 14.5 Å². The molecule has 0 aliphatic heterocycles. The van der Waals surface area contributed by atoms with Gasteiger partial charge in [-0.05, 0) is 37.1 Å². The van der Waals surface area contributed by atoms with Crippen LogP contribution in [0.2, 0.25) is 0 Å². The van der Waals surface area contributed by atoms with E-state index < -0.39 is 10.0 Å². The van der Waals surface area contributed by atoms with Crippen molar-refractivity contribution in [3.8, 4) is 0 Å². The monoisotopic (exact) mass is 331 g/mol. The summed E-state index contributed by atoms with van der Waals surface area (Å²) in [6.07, 6.45) is 6.58. The van der Waals surface area contributed by atoms with Crippen LogP contribution < -0.4 is 4.72 Å². The average Bonchev–Trinajstić information content (AvgIpc) is 2.57. The number of nitrogens with one attached hydrogen (secondary N) is 1. The third-order valence-corrected chi connectivity index (χ3v) is 5.37. The van der Waals surface area contributed by atoms with Gasteiger partial charge < -0.3 is 0 Å². The summed E-state index contributed by atoms with van der Waals surface area (Å²) in [4.78, 5) is 0.343. The molecule has 1 saturated carbocycles. The first-order valence-corrected chi connectivity index (χ1v) is 8.63. The number of hydrogen-bond acceptors (Lipinski definition) is 2. The molecule has 18 heavy (non-hydrogen) atoms. The molecule has 1 aromatic carbocycles. The first kappa shape index (κ1) is 14.0. The van der Waals surface area contributed by atoms with Gasteiger partial charge in [-0.3, -0.25) is 0 Å². The van der Waals surface area contributed by atoms with Gasteiger partial charge in [0, 0.05) is 10.5 Å². The predicted octanol–water partition coefficient (Wildman–Crippen LogP) is 3.45. The summed E-state index contributed by atoms with van der Waals surface area (Å²) in [7, 11) is -3.36. The maximum atomic E-state index is 12.2. The highest BCUT2D eigenvalue weighted by Crippen LogP contribution is 2.20. The molecule has 0 unspecified atom stereocenters. The van der Waals surface area contributed by atoms with Crippen molar-refractivity contribution >= 4 is 26.0 Å². The van der Waals surface area contributed by atoms with Gasteiger partial charge in [0.25, 0.3) is 0 Å². The van der Waals surface area contributed by atoms with E-state index in [4.69, 9.17) is 0 Å². The topological polar surface area (TPSA) is 46.2 Å². The summed E-state index contributed by atoms with van der Waals surface area (Å²) in [5, 5.41) is 0. The van der Waals surface area contributed by atoms with E-state index in [2.05, 4.69) is 20.7 Å². The second kappa shape index (κ2) is 6.17. The van der Waals surface area contributed by atoms with Crippen LogP contribution in [0.4, 0.5) is 0 Å². The number of sulfonamides is 1. The molecule has 5 heteroatoms.